The number of nitro benzene ring substituents is 2. The van der Waals surface area contributed by atoms with Crippen LogP contribution in [-0.4, -0.2) is 42.5 Å². The van der Waals surface area contributed by atoms with Crippen molar-refractivity contribution in [3.63, 3.8) is 0 Å². The van der Waals surface area contributed by atoms with Crippen LogP contribution in [0.2, 0.25) is 0 Å². The van der Waals surface area contributed by atoms with Crippen LogP contribution in [0, 0.1) is 20.2 Å². The predicted molar refractivity (Wildman–Crippen MR) is 144 cm³/mol. The number of para-hydroxylation sites is 1. The average molecular weight is 530 g/mol. The highest BCUT2D eigenvalue weighted by Gasteiger charge is 2.33. The molecular formula is C26H19N5O6S. The summed E-state index contributed by atoms with van der Waals surface area (Å²) >= 11 is 1.10. The van der Waals surface area contributed by atoms with Crippen LogP contribution in [0.3, 0.4) is 0 Å². The molecule has 38 heavy (non-hydrogen) atoms. The fourth-order valence-corrected chi connectivity index (χ4v) is 5.07. The van der Waals surface area contributed by atoms with Crippen molar-refractivity contribution in [1.82, 2.24) is 9.88 Å². The molecule has 2 N–H and O–H groups in total. The lowest BCUT2D eigenvalue weighted by molar-refractivity contribution is -0.385. The lowest BCUT2D eigenvalue weighted by Crippen LogP contribution is -2.31. The number of H-pyrrole nitrogens is 1. The van der Waals surface area contributed by atoms with Crippen molar-refractivity contribution in [3.05, 3.63) is 109 Å². The van der Waals surface area contributed by atoms with E-state index in [9.17, 15) is 30.1 Å². The zero-order valence-electron chi connectivity index (χ0n) is 19.6. The zero-order chi connectivity index (χ0) is 26.8. The Labute approximate surface area is 219 Å². The number of carbonyl (C=O) groups excluding carboxylic acids is 1. The van der Waals surface area contributed by atoms with Gasteiger partial charge in [0.05, 0.1) is 20.4 Å². The zero-order valence-corrected chi connectivity index (χ0v) is 20.4. The van der Waals surface area contributed by atoms with E-state index in [1.165, 1.54) is 53.4 Å². The molecule has 0 radical (unpaired) electrons. The number of nitrogens with zero attached hydrogens (tertiary/aromatic N) is 4. The second kappa shape index (κ2) is 10.2. The van der Waals surface area contributed by atoms with Crippen molar-refractivity contribution in [2.24, 2.45) is 4.99 Å². The first-order valence-corrected chi connectivity index (χ1v) is 12.2. The van der Waals surface area contributed by atoms with E-state index in [1.54, 1.807) is 0 Å². The summed E-state index contributed by atoms with van der Waals surface area (Å²) in [5.74, 6) is -0.797. The molecule has 5 rings (SSSR count). The van der Waals surface area contributed by atoms with Crippen LogP contribution in [-0.2, 0) is 11.2 Å². The molecule has 1 saturated heterocycles. The molecule has 0 bridgehead atoms. The third-order valence-electron chi connectivity index (χ3n) is 5.95. The van der Waals surface area contributed by atoms with Gasteiger partial charge in [-0.3, -0.25) is 29.9 Å². The third kappa shape index (κ3) is 4.97. The van der Waals surface area contributed by atoms with Gasteiger partial charge >= 0.3 is 5.69 Å². The van der Waals surface area contributed by atoms with Crippen molar-refractivity contribution < 1.29 is 19.7 Å². The summed E-state index contributed by atoms with van der Waals surface area (Å²) in [6.45, 7) is 0.312. The van der Waals surface area contributed by atoms with Crippen LogP contribution in [0.15, 0.2) is 82.8 Å². The van der Waals surface area contributed by atoms with E-state index in [0.717, 1.165) is 28.2 Å². The number of phenols is 1. The number of amidine groups is 1. The van der Waals surface area contributed by atoms with Gasteiger partial charge in [-0.15, -0.1) is 0 Å². The highest BCUT2D eigenvalue weighted by Crippen LogP contribution is 2.36. The number of hydrogen-bond acceptors (Lipinski definition) is 8. The van der Waals surface area contributed by atoms with Crippen LogP contribution < -0.4 is 0 Å². The standard InChI is InChI=1S/C26H19N5O6S/c32-23-10-5-16(13-22(23)31(36)37)14-24-25(33)29(12-11-17-15-27-21-4-2-1-3-20(17)21)26(38-24)28-18-6-8-19(9-7-18)30(34)35/h1-10,13-15,27,32H,11-12H2/b24-14-,28-26?. The topological polar surface area (TPSA) is 155 Å². The number of hydrogen-bond donors (Lipinski definition) is 2. The molecule has 12 heteroatoms. The molecule has 2 heterocycles. The van der Waals surface area contributed by atoms with Crippen molar-refractivity contribution in [1.29, 1.82) is 0 Å². The summed E-state index contributed by atoms with van der Waals surface area (Å²) in [5.41, 5.74) is 2.28. The smallest absolute Gasteiger partial charge is 0.311 e. The van der Waals surface area contributed by atoms with Crippen LogP contribution >= 0.6 is 11.8 Å². The number of nitrogens with one attached hydrogen (secondary N) is 1. The number of rotatable bonds is 7. The Hall–Kier alpha value is -4.97. The third-order valence-corrected chi connectivity index (χ3v) is 6.95. The molecule has 0 atom stereocenters. The first-order chi connectivity index (χ1) is 18.3. The molecule has 11 nitrogen and oxygen atoms in total. The number of aromatic nitrogens is 1. The maximum atomic E-state index is 13.4. The monoisotopic (exact) mass is 529 g/mol. The molecule has 0 unspecified atom stereocenters. The molecule has 1 fully saturated rings. The molecule has 1 aliphatic heterocycles. The lowest BCUT2D eigenvalue weighted by Gasteiger charge is -2.15. The Morgan fingerprint density at radius 1 is 1.03 bits per heavy atom. The highest BCUT2D eigenvalue weighted by molar-refractivity contribution is 8.18. The molecule has 0 spiro atoms. The van der Waals surface area contributed by atoms with Crippen LogP contribution in [0.1, 0.15) is 11.1 Å². The molecule has 1 aliphatic rings. The Kier molecular flexibility index (Phi) is 6.62. The van der Waals surface area contributed by atoms with Crippen molar-refractivity contribution in [2.75, 3.05) is 6.54 Å². The summed E-state index contributed by atoms with van der Waals surface area (Å²) in [4.78, 5) is 44.1. The quantitative estimate of drug-likeness (QED) is 0.181. The van der Waals surface area contributed by atoms with Crippen molar-refractivity contribution in [3.8, 4) is 5.75 Å². The molecule has 4 aromatic rings. The number of phenolic OH excluding ortho intramolecular Hbond substituents is 1. The van der Waals surface area contributed by atoms with Gasteiger partial charge in [-0.25, -0.2) is 4.99 Å². The maximum Gasteiger partial charge on any atom is 0.311 e. The summed E-state index contributed by atoms with van der Waals surface area (Å²) in [6.07, 6.45) is 3.95. The minimum absolute atomic E-state index is 0.0743. The predicted octanol–water partition coefficient (Wildman–Crippen LogP) is 5.54. The first kappa shape index (κ1) is 24.7. The van der Waals surface area contributed by atoms with Gasteiger partial charge in [0.2, 0.25) is 0 Å². The van der Waals surface area contributed by atoms with Crippen LogP contribution in [0.4, 0.5) is 17.1 Å². The van der Waals surface area contributed by atoms with Crippen LogP contribution in [0.5, 0.6) is 5.75 Å². The SMILES string of the molecule is O=C1/C(=C/c2ccc(O)c([N+](=O)[O-])c2)SC(=Nc2ccc([N+](=O)[O-])cc2)N1CCc1c[nH]c2ccccc12. The van der Waals surface area contributed by atoms with E-state index >= 15 is 0 Å². The summed E-state index contributed by atoms with van der Waals surface area (Å²) < 4.78 is 0. The molecule has 3 aromatic carbocycles. The van der Waals surface area contributed by atoms with Gasteiger partial charge in [0.1, 0.15) is 0 Å². The van der Waals surface area contributed by atoms with E-state index in [1.807, 2.05) is 30.5 Å². The number of amides is 1. The molecule has 0 saturated carbocycles. The first-order valence-electron chi connectivity index (χ1n) is 11.4. The van der Waals surface area contributed by atoms with E-state index in [-0.39, 0.29) is 11.6 Å². The van der Waals surface area contributed by atoms with Gasteiger partial charge in [-0.2, -0.15) is 0 Å². The number of aromatic hydroxyl groups is 1. The second-order valence-corrected chi connectivity index (χ2v) is 9.36. The van der Waals surface area contributed by atoms with E-state index < -0.39 is 21.3 Å². The van der Waals surface area contributed by atoms with Crippen molar-refractivity contribution >= 4 is 56.9 Å². The number of thioether (sulfide) groups is 1. The van der Waals surface area contributed by atoms with Gasteiger partial charge in [-0.1, -0.05) is 24.3 Å². The minimum atomic E-state index is -0.698. The Morgan fingerprint density at radius 2 is 1.79 bits per heavy atom. The number of fused-ring (bicyclic) bond motifs is 1. The summed E-state index contributed by atoms with van der Waals surface area (Å²) in [5, 5.41) is 33.4. The molecule has 1 aromatic heterocycles. The molecule has 0 aliphatic carbocycles. The maximum absolute atomic E-state index is 13.4. The fraction of sp³-hybridized carbons (Fsp3) is 0.0769. The molecular weight excluding hydrogens is 510 g/mol. The normalized spacial score (nSPS) is 15.6. The Balaban J connectivity index is 1.48. The van der Waals surface area contributed by atoms with Gasteiger partial charge < -0.3 is 10.1 Å². The van der Waals surface area contributed by atoms with Crippen LogP contribution in [0.25, 0.3) is 17.0 Å². The number of nitro groups is 2. The molecule has 190 valence electrons. The summed E-state index contributed by atoms with van der Waals surface area (Å²) in [7, 11) is 0. The summed E-state index contributed by atoms with van der Waals surface area (Å²) in [6, 6.07) is 17.4. The van der Waals surface area contributed by atoms with Gasteiger partial charge in [0.15, 0.2) is 10.9 Å². The largest absolute Gasteiger partial charge is 0.502 e. The minimum Gasteiger partial charge on any atom is -0.502 e. The average Bonchev–Trinajstić information content (AvgIpc) is 3.44. The number of benzene rings is 3. The van der Waals surface area contributed by atoms with Gasteiger partial charge in [-0.05, 0) is 59.7 Å². The van der Waals surface area contributed by atoms with E-state index in [2.05, 4.69) is 9.98 Å². The van der Waals surface area contributed by atoms with E-state index in [0.29, 0.717) is 34.3 Å². The van der Waals surface area contributed by atoms with Gasteiger partial charge in [0, 0.05) is 41.8 Å². The Bertz CT molecular complexity index is 1640. The highest BCUT2D eigenvalue weighted by atomic mass is 32.2. The second-order valence-electron chi connectivity index (χ2n) is 8.35. The number of aromatic amines is 1. The Morgan fingerprint density at radius 3 is 2.53 bits per heavy atom. The number of carbonyl (C=O) groups is 1. The van der Waals surface area contributed by atoms with Crippen molar-refractivity contribution in [2.45, 2.75) is 6.42 Å². The van der Waals surface area contributed by atoms with E-state index in [4.69, 9.17) is 0 Å². The number of aliphatic imine (C=N–C) groups is 1. The fourth-order valence-electron chi connectivity index (χ4n) is 4.05. The lowest BCUT2D eigenvalue weighted by atomic mass is 10.1. The number of non-ortho nitro benzene ring substituents is 1. The van der Waals surface area contributed by atoms with Gasteiger partial charge in [0.25, 0.3) is 11.6 Å². The molecule has 1 amide bonds.